The van der Waals surface area contributed by atoms with Crippen molar-refractivity contribution in [2.75, 3.05) is 14.2 Å². The number of pyridine rings is 1. The third kappa shape index (κ3) is 2.28. The lowest BCUT2D eigenvalue weighted by atomic mass is 10.1. The summed E-state index contributed by atoms with van der Waals surface area (Å²) in [5.41, 5.74) is 2.67. The van der Waals surface area contributed by atoms with Crippen molar-refractivity contribution in [3.8, 4) is 5.75 Å². The summed E-state index contributed by atoms with van der Waals surface area (Å²) in [6.07, 6.45) is 0.00313. The summed E-state index contributed by atoms with van der Waals surface area (Å²) in [7, 11) is 3.32. The number of fused-ring (bicyclic) bond motifs is 1. The van der Waals surface area contributed by atoms with Crippen molar-refractivity contribution in [1.29, 1.82) is 0 Å². The van der Waals surface area contributed by atoms with Crippen LogP contribution in [0.5, 0.6) is 5.75 Å². The Morgan fingerprint density at radius 3 is 2.56 bits per heavy atom. The second-order valence-corrected chi connectivity index (χ2v) is 4.64. The molecule has 1 atom stereocenters. The maximum Gasteiger partial charge on any atom is 0.145 e. The fourth-order valence-electron chi connectivity index (χ4n) is 1.87. The summed E-state index contributed by atoms with van der Waals surface area (Å²) < 4.78 is 10.7. The van der Waals surface area contributed by atoms with E-state index in [9.17, 15) is 0 Å². The number of aryl methyl sites for hydroxylation is 1. The zero-order valence-electron chi connectivity index (χ0n) is 11.0. The highest BCUT2D eigenvalue weighted by Crippen LogP contribution is 2.31. The molecule has 18 heavy (non-hydrogen) atoms. The summed E-state index contributed by atoms with van der Waals surface area (Å²) in [6.45, 7) is 3.87. The van der Waals surface area contributed by atoms with Gasteiger partial charge in [-0.2, -0.15) is 0 Å². The molecule has 0 aliphatic carbocycles. The quantitative estimate of drug-likeness (QED) is 0.843. The van der Waals surface area contributed by atoms with Gasteiger partial charge in [0.25, 0.3) is 0 Å². The van der Waals surface area contributed by atoms with E-state index in [4.69, 9.17) is 21.1 Å². The number of ether oxygens (including phenoxy) is 2. The highest BCUT2D eigenvalue weighted by Gasteiger charge is 2.12. The van der Waals surface area contributed by atoms with Crippen molar-refractivity contribution in [3.05, 3.63) is 34.5 Å². The maximum atomic E-state index is 6.11. The number of hydrogen-bond donors (Lipinski definition) is 0. The van der Waals surface area contributed by atoms with Crippen LogP contribution in [0.25, 0.3) is 10.9 Å². The van der Waals surface area contributed by atoms with Gasteiger partial charge in [-0.15, -0.1) is 0 Å². The molecule has 0 radical (unpaired) electrons. The Morgan fingerprint density at radius 2 is 1.94 bits per heavy atom. The first kappa shape index (κ1) is 13.1. The molecular formula is C14H16ClNO2. The molecule has 1 aromatic carbocycles. The number of hydrogen-bond acceptors (Lipinski definition) is 3. The minimum atomic E-state index is 0.00313. The van der Waals surface area contributed by atoms with E-state index in [1.807, 2.05) is 32.0 Å². The zero-order valence-corrected chi connectivity index (χ0v) is 11.7. The van der Waals surface area contributed by atoms with Gasteiger partial charge in [0.15, 0.2) is 0 Å². The maximum absolute atomic E-state index is 6.11. The van der Waals surface area contributed by atoms with Gasteiger partial charge in [0.05, 0.1) is 23.9 Å². The molecule has 1 unspecified atom stereocenters. The second-order valence-electron chi connectivity index (χ2n) is 4.23. The average Bonchev–Trinajstić information content (AvgIpc) is 2.38. The topological polar surface area (TPSA) is 31.4 Å². The smallest absolute Gasteiger partial charge is 0.145 e. The molecule has 0 saturated heterocycles. The Bertz CT molecular complexity index is 584. The Hall–Kier alpha value is -1.32. The normalized spacial score (nSPS) is 12.7. The van der Waals surface area contributed by atoms with Crippen LogP contribution in [0.15, 0.2) is 18.2 Å². The number of aromatic nitrogens is 1. The summed E-state index contributed by atoms with van der Waals surface area (Å²) in [5, 5.41) is 1.62. The fraction of sp³-hybridized carbons (Fsp3) is 0.357. The molecular weight excluding hydrogens is 250 g/mol. The van der Waals surface area contributed by atoms with E-state index < -0.39 is 0 Å². The van der Waals surface area contributed by atoms with Gasteiger partial charge >= 0.3 is 0 Å². The lowest BCUT2D eigenvalue weighted by Gasteiger charge is -2.14. The van der Waals surface area contributed by atoms with Gasteiger partial charge in [0, 0.05) is 12.5 Å². The van der Waals surface area contributed by atoms with Gasteiger partial charge in [0.1, 0.15) is 11.3 Å². The van der Waals surface area contributed by atoms with Crippen molar-refractivity contribution in [3.63, 3.8) is 0 Å². The number of methoxy groups -OCH3 is 2. The Balaban J connectivity index is 2.71. The summed E-state index contributed by atoms with van der Waals surface area (Å²) in [4.78, 5) is 4.47. The first-order chi connectivity index (χ1) is 8.56. The van der Waals surface area contributed by atoms with Gasteiger partial charge < -0.3 is 9.47 Å². The molecule has 0 fully saturated rings. The predicted octanol–water partition coefficient (Wildman–Crippen LogP) is 3.91. The van der Waals surface area contributed by atoms with Gasteiger partial charge in [-0.25, -0.2) is 4.98 Å². The minimum absolute atomic E-state index is 0.00313. The summed E-state index contributed by atoms with van der Waals surface area (Å²) in [5.74, 6) is 0.742. The highest BCUT2D eigenvalue weighted by atomic mass is 35.5. The zero-order chi connectivity index (χ0) is 13.3. The van der Waals surface area contributed by atoms with Gasteiger partial charge in [0.2, 0.25) is 0 Å². The third-order valence-corrected chi connectivity index (χ3v) is 3.46. The van der Waals surface area contributed by atoms with Crippen molar-refractivity contribution in [2.24, 2.45) is 0 Å². The summed E-state index contributed by atoms with van der Waals surface area (Å²) >= 11 is 6.11. The van der Waals surface area contributed by atoms with Gasteiger partial charge in [-0.3, -0.25) is 0 Å². The van der Waals surface area contributed by atoms with Crippen LogP contribution in [-0.2, 0) is 4.74 Å². The van der Waals surface area contributed by atoms with E-state index in [0.29, 0.717) is 5.02 Å². The molecule has 0 saturated carbocycles. The Kier molecular flexibility index (Phi) is 3.73. The fourth-order valence-corrected chi connectivity index (χ4v) is 2.03. The monoisotopic (exact) mass is 265 g/mol. The third-order valence-electron chi connectivity index (χ3n) is 3.08. The number of rotatable bonds is 3. The second kappa shape index (κ2) is 5.12. The number of nitrogens with zero attached hydrogens (tertiary/aromatic N) is 1. The van der Waals surface area contributed by atoms with Crippen LogP contribution in [0.4, 0.5) is 0 Å². The van der Waals surface area contributed by atoms with E-state index in [2.05, 4.69) is 4.98 Å². The molecule has 1 heterocycles. The molecule has 0 amide bonds. The lowest BCUT2D eigenvalue weighted by molar-refractivity contribution is 0.119. The molecule has 0 aliphatic heterocycles. The molecule has 96 valence electrons. The Morgan fingerprint density at radius 1 is 1.22 bits per heavy atom. The van der Waals surface area contributed by atoms with Gasteiger partial charge in [-0.1, -0.05) is 11.6 Å². The molecule has 2 rings (SSSR count). The molecule has 3 nitrogen and oxygen atoms in total. The van der Waals surface area contributed by atoms with Gasteiger partial charge in [-0.05, 0) is 37.6 Å². The van der Waals surface area contributed by atoms with Crippen LogP contribution in [0.3, 0.4) is 0 Å². The molecule has 0 bridgehead atoms. The first-order valence-electron chi connectivity index (χ1n) is 5.74. The number of halogens is 1. The van der Waals surface area contributed by atoms with Crippen LogP contribution in [0.1, 0.15) is 24.3 Å². The summed E-state index contributed by atoms with van der Waals surface area (Å²) in [6, 6.07) is 5.90. The van der Waals surface area contributed by atoms with E-state index in [0.717, 1.165) is 27.9 Å². The molecule has 4 heteroatoms. The predicted molar refractivity (Wildman–Crippen MR) is 73.5 cm³/mol. The van der Waals surface area contributed by atoms with Crippen molar-refractivity contribution in [1.82, 2.24) is 4.98 Å². The SMILES string of the molecule is COc1cc(C(C)OC)cc2cc(Cl)c(C)nc12. The molecule has 2 aromatic rings. The van der Waals surface area contributed by atoms with Crippen LogP contribution in [-0.4, -0.2) is 19.2 Å². The largest absolute Gasteiger partial charge is 0.494 e. The van der Waals surface area contributed by atoms with Crippen molar-refractivity contribution in [2.45, 2.75) is 20.0 Å². The van der Waals surface area contributed by atoms with E-state index in [1.165, 1.54) is 0 Å². The average molecular weight is 266 g/mol. The molecule has 0 spiro atoms. The van der Waals surface area contributed by atoms with Crippen LogP contribution in [0.2, 0.25) is 5.02 Å². The van der Waals surface area contributed by atoms with Crippen molar-refractivity contribution >= 4 is 22.5 Å². The number of benzene rings is 1. The lowest BCUT2D eigenvalue weighted by Crippen LogP contribution is -1.98. The van der Waals surface area contributed by atoms with Crippen LogP contribution < -0.4 is 4.74 Å². The molecule has 1 aromatic heterocycles. The minimum Gasteiger partial charge on any atom is -0.494 e. The molecule has 0 aliphatic rings. The Labute approximate surface area is 112 Å². The molecule has 0 N–H and O–H groups in total. The van der Waals surface area contributed by atoms with E-state index in [1.54, 1.807) is 14.2 Å². The van der Waals surface area contributed by atoms with Crippen LogP contribution in [0, 0.1) is 6.92 Å². The standard InChI is InChI=1S/C14H16ClNO2/c1-8-12(15)6-11-5-10(9(2)17-3)7-13(18-4)14(11)16-8/h5-7,9H,1-4H3. The first-order valence-corrected chi connectivity index (χ1v) is 6.12. The van der Waals surface area contributed by atoms with E-state index >= 15 is 0 Å². The van der Waals surface area contributed by atoms with Crippen LogP contribution >= 0.6 is 11.6 Å². The van der Waals surface area contributed by atoms with Crippen molar-refractivity contribution < 1.29 is 9.47 Å². The van der Waals surface area contributed by atoms with E-state index in [-0.39, 0.29) is 6.10 Å². The highest BCUT2D eigenvalue weighted by molar-refractivity contribution is 6.31.